The summed E-state index contributed by atoms with van der Waals surface area (Å²) in [7, 11) is -3.99. The molecule has 0 unspecified atom stereocenters. The van der Waals surface area contributed by atoms with E-state index in [1.165, 1.54) is 24.3 Å². The van der Waals surface area contributed by atoms with Gasteiger partial charge in [0.25, 0.3) is 15.9 Å². The Bertz CT molecular complexity index is 1370. The summed E-state index contributed by atoms with van der Waals surface area (Å²) in [6.07, 6.45) is 1.79. The largest absolute Gasteiger partial charge is 0.361 e. The summed E-state index contributed by atoms with van der Waals surface area (Å²) in [5, 5.41) is 4.01. The van der Waals surface area contributed by atoms with E-state index in [0.717, 1.165) is 10.9 Å². The van der Waals surface area contributed by atoms with Crippen LogP contribution in [0.2, 0.25) is 10.0 Å². The summed E-state index contributed by atoms with van der Waals surface area (Å²) in [6, 6.07) is 17.7. The smallest absolute Gasteiger partial charge is 0.263 e. The van der Waals surface area contributed by atoms with Gasteiger partial charge in [0, 0.05) is 33.4 Å². The van der Waals surface area contributed by atoms with Gasteiger partial charge in [-0.2, -0.15) is 0 Å². The summed E-state index contributed by atoms with van der Waals surface area (Å²) in [6.45, 7) is 0. The van der Waals surface area contributed by atoms with Crippen LogP contribution in [-0.2, 0) is 10.0 Å². The van der Waals surface area contributed by atoms with Crippen LogP contribution in [0.1, 0.15) is 10.4 Å². The molecule has 0 bridgehead atoms. The third-order valence-corrected chi connectivity index (χ3v) is 6.50. The van der Waals surface area contributed by atoms with Gasteiger partial charge in [0.05, 0.1) is 10.7 Å². The number of fused-ring (bicyclic) bond motifs is 1. The van der Waals surface area contributed by atoms with Crippen molar-refractivity contribution >= 4 is 61.4 Å². The Kier molecular flexibility index (Phi) is 5.42. The second-order valence-electron chi connectivity index (χ2n) is 6.46. The molecular weight excluding hydrogens is 445 g/mol. The lowest BCUT2D eigenvalue weighted by molar-refractivity contribution is 0.102. The number of nitrogens with one attached hydrogen (secondary N) is 3. The number of benzene rings is 3. The number of amides is 1. The van der Waals surface area contributed by atoms with Gasteiger partial charge < -0.3 is 10.3 Å². The number of hydrogen-bond acceptors (Lipinski definition) is 3. The van der Waals surface area contributed by atoms with E-state index in [0.29, 0.717) is 11.3 Å². The van der Waals surface area contributed by atoms with Gasteiger partial charge in [0.2, 0.25) is 0 Å². The van der Waals surface area contributed by atoms with Crippen molar-refractivity contribution in [3.8, 4) is 0 Å². The number of aromatic amines is 1. The molecule has 0 saturated heterocycles. The summed E-state index contributed by atoms with van der Waals surface area (Å²) in [5.41, 5.74) is 2.06. The minimum atomic E-state index is -3.99. The zero-order chi connectivity index (χ0) is 21.3. The fourth-order valence-corrected chi connectivity index (χ4v) is 4.82. The maximum atomic E-state index is 12.7. The van der Waals surface area contributed by atoms with E-state index in [-0.39, 0.29) is 26.5 Å². The molecule has 0 aliphatic carbocycles. The third kappa shape index (κ3) is 4.14. The second kappa shape index (κ2) is 8.02. The molecule has 0 saturated carbocycles. The van der Waals surface area contributed by atoms with Crippen LogP contribution in [0.3, 0.4) is 0 Å². The Morgan fingerprint density at radius 2 is 1.73 bits per heavy atom. The second-order valence-corrected chi connectivity index (χ2v) is 8.95. The number of sulfonamides is 1. The van der Waals surface area contributed by atoms with Gasteiger partial charge in [-0.25, -0.2) is 8.42 Å². The van der Waals surface area contributed by atoms with Gasteiger partial charge in [-0.15, -0.1) is 0 Å². The molecule has 1 heterocycles. The Morgan fingerprint density at radius 3 is 2.57 bits per heavy atom. The van der Waals surface area contributed by atoms with Crippen molar-refractivity contribution in [3.05, 3.63) is 88.5 Å². The van der Waals surface area contributed by atoms with Gasteiger partial charge in [-0.1, -0.05) is 35.3 Å². The maximum absolute atomic E-state index is 12.7. The zero-order valence-electron chi connectivity index (χ0n) is 15.3. The molecule has 0 aliphatic rings. The quantitative estimate of drug-likeness (QED) is 0.366. The summed E-state index contributed by atoms with van der Waals surface area (Å²) in [5.74, 6) is -0.370. The lowest BCUT2D eigenvalue weighted by Gasteiger charge is -2.11. The lowest BCUT2D eigenvalue weighted by Crippen LogP contribution is -2.15. The number of aromatic nitrogens is 1. The highest BCUT2D eigenvalue weighted by atomic mass is 35.5. The SMILES string of the molecule is O=C(Nc1cccc2[nH]ccc12)c1cccc(NS(=O)(=O)c2cc(Cl)ccc2Cl)c1. The van der Waals surface area contributed by atoms with E-state index in [1.807, 2.05) is 18.2 Å². The first kappa shape index (κ1) is 20.3. The molecule has 1 amide bonds. The number of rotatable bonds is 5. The van der Waals surface area contributed by atoms with Crippen LogP contribution < -0.4 is 10.0 Å². The van der Waals surface area contributed by atoms with E-state index < -0.39 is 10.0 Å². The zero-order valence-corrected chi connectivity index (χ0v) is 17.6. The molecule has 0 atom stereocenters. The van der Waals surface area contributed by atoms with Crippen molar-refractivity contribution in [3.63, 3.8) is 0 Å². The molecule has 3 N–H and O–H groups in total. The third-order valence-electron chi connectivity index (χ3n) is 4.40. The van der Waals surface area contributed by atoms with E-state index in [9.17, 15) is 13.2 Å². The first-order chi connectivity index (χ1) is 14.3. The molecule has 152 valence electrons. The first-order valence-electron chi connectivity index (χ1n) is 8.79. The minimum Gasteiger partial charge on any atom is -0.361 e. The molecule has 1 aromatic heterocycles. The lowest BCUT2D eigenvalue weighted by atomic mass is 10.1. The standard InChI is InChI=1S/C21H15Cl2N3O3S/c22-14-7-8-17(23)20(12-14)30(28,29)26-15-4-1-3-13(11-15)21(27)25-19-6-2-5-18-16(19)9-10-24-18/h1-12,24,26H,(H,25,27). The number of anilines is 2. The number of hydrogen-bond donors (Lipinski definition) is 3. The Balaban J connectivity index is 1.59. The van der Waals surface area contributed by atoms with Crippen molar-refractivity contribution < 1.29 is 13.2 Å². The maximum Gasteiger partial charge on any atom is 0.263 e. The van der Waals surface area contributed by atoms with Crippen LogP contribution in [0.15, 0.2) is 77.8 Å². The highest BCUT2D eigenvalue weighted by molar-refractivity contribution is 7.92. The molecule has 30 heavy (non-hydrogen) atoms. The van der Waals surface area contributed by atoms with Crippen LogP contribution in [-0.4, -0.2) is 19.3 Å². The van der Waals surface area contributed by atoms with Gasteiger partial charge in [-0.05, 0) is 54.6 Å². The fourth-order valence-electron chi connectivity index (χ4n) is 3.01. The van der Waals surface area contributed by atoms with Gasteiger partial charge in [0.15, 0.2) is 0 Å². The number of carbonyl (C=O) groups excluding carboxylic acids is 1. The predicted molar refractivity (Wildman–Crippen MR) is 120 cm³/mol. The summed E-state index contributed by atoms with van der Waals surface area (Å²) < 4.78 is 27.8. The van der Waals surface area contributed by atoms with E-state index >= 15 is 0 Å². The first-order valence-corrected chi connectivity index (χ1v) is 11.0. The van der Waals surface area contributed by atoms with Crippen molar-refractivity contribution in [1.29, 1.82) is 0 Å². The monoisotopic (exact) mass is 459 g/mol. The summed E-state index contributed by atoms with van der Waals surface area (Å²) in [4.78, 5) is 15.7. The number of carbonyl (C=O) groups is 1. The van der Waals surface area contributed by atoms with E-state index in [2.05, 4.69) is 15.0 Å². The van der Waals surface area contributed by atoms with Crippen molar-refractivity contribution in [1.82, 2.24) is 4.98 Å². The van der Waals surface area contributed by atoms with Crippen LogP contribution in [0.4, 0.5) is 11.4 Å². The highest BCUT2D eigenvalue weighted by Gasteiger charge is 2.19. The predicted octanol–water partition coefficient (Wildman–Crippen LogP) is 5.53. The molecule has 3 aromatic carbocycles. The molecule has 0 fully saturated rings. The normalized spacial score (nSPS) is 11.4. The van der Waals surface area contributed by atoms with Crippen LogP contribution in [0.5, 0.6) is 0 Å². The molecule has 0 aliphatic heterocycles. The Labute approximate surface area is 182 Å². The average molecular weight is 460 g/mol. The average Bonchev–Trinajstić information content (AvgIpc) is 3.19. The Hall–Kier alpha value is -3.00. The van der Waals surface area contributed by atoms with Crippen molar-refractivity contribution in [2.75, 3.05) is 10.0 Å². The topological polar surface area (TPSA) is 91.1 Å². The molecular formula is C21H15Cl2N3O3S. The summed E-state index contributed by atoms with van der Waals surface area (Å²) >= 11 is 11.9. The molecule has 4 rings (SSSR count). The van der Waals surface area contributed by atoms with Crippen LogP contribution in [0, 0.1) is 0 Å². The van der Waals surface area contributed by atoms with Gasteiger partial charge in [-0.3, -0.25) is 9.52 Å². The molecule has 4 aromatic rings. The molecule has 6 nitrogen and oxygen atoms in total. The fraction of sp³-hybridized carbons (Fsp3) is 0. The highest BCUT2D eigenvalue weighted by Crippen LogP contribution is 2.27. The van der Waals surface area contributed by atoms with Crippen molar-refractivity contribution in [2.24, 2.45) is 0 Å². The van der Waals surface area contributed by atoms with Gasteiger partial charge in [0.1, 0.15) is 4.90 Å². The van der Waals surface area contributed by atoms with Gasteiger partial charge >= 0.3 is 0 Å². The van der Waals surface area contributed by atoms with Crippen molar-refractivity contribution in [2.45, 2.75) is 4.90 Å². The van der Waals surface area contributed by atoms with E-state index in [4.69, 9.17) is 23.2 Å². The van der Waals surface area contributed by atoms with Crippen LogP contribution in [0.25, 0.3) is 10.9 Å². The number of halogens is 2. The Morgan fingerprint density at radius 1 is 0.933 bits per heavy atom. The number of H-pyrrole nitrogens is 1. The molecule has 0 spiro atoms. The minimum absolute atomic E-state index is 0.0420. The van der Waals surface area contributed by atoms with Crippen LogP contribution >= 0.6 is 23.2 Å². The molecule has 9 heteroatoms. The van der Waals surface area contributed by atoms with E-state index in [1.54, 1.807) is 30.5 Å². The molecule has 0 radical (unpaired) electrons.